The molecule has 0 aliphatic carbocycles. The van der Waals surface area contributed by atoms with Crippen LogP contribution >= 0.6 is 11.6 Å². The highest BCUT2D eigenvalue weighted by Gasteiger charge is 2.06. The third-order valence-corrected chi connectivity index (χ3v) is 2.48. The molecule has 0 saturated carbocycles. The molecule has 0 N–H and O–H groups in total. The minimum atomic E-state index is -0.519. The predicted molar refractivity (Wildman–Crippen MR) is 63.0 cm³/mol. The van der Waals surface area contributed by atoms with Crippen LogP contribution in [0.5, 0.6) is 5.75 Å². The number of aromatic nitrogens is 1. The average molecular weight is 272 g/mol. The molecule has 96 valence electrons. The molecule has 0 spiro atoms. The molecule has 0 saturated heterocycles. The van der Waals surface area contributed by atoms with Gasteiger partial charge in [0.05, 0.1) is 5.02 Å². The van der Waals surface area contributed by atoms with Gasteiger partial charge in [-0.2, -0.15) is 0 Å². The minimum absolute atomic E-state index is 0.0613. The van der Waals surface area contributed by atoms with Crippen LogP contribution in [0.4, 0.5) is 4.39 Å². The molecule has 0 amide bonds. The van der Waals surface area contributed by atoms with Gasteiger partial charge in [-0.05, 0) is 12.1 Å². The molecule has 0 fully saturated rings. The van der Waals surface area contributed by atoms with Crippen molar-refractivity contribution in [3.63, 3.8) is 0 Å². The maximum absolute atomic E-state index is 13.1. The normalized spacial score (nSPS) is 10.6. The van der Waals surface area contributed by atoms with Crippen LogP contribution in [0, 0.1) is 5.82 Å². The van der Waals surface area contributed by atoms with Gasteiger partial charge in [-0.25, -0.2) is 4.39 Å². The molecular weight excluding hydrogens is 261 g/mol. The fraction of sp³-hybridized carbons (Fsp3) is 0.250. The Hall–Kier alpha value is -1.59. The highest BCUT2D eigenvalue weighted by molar-refractivity contribution is 6.30. The number of benzene rings is 1. The van der Waals surface area contributed by atoms with Crippen molar-refractivity contribution in [3.05, 3.63) is 46.6 Å². The van der Waals surface area contributed by atoms with Crippen molar-refractivity contribution in [1.82, 2.24) is 5.16 Å². The van der Waals surface area contributed by atoms with Crippen LogP contribution in [0.1, 0.15) is 11.5 Å². The SMILES string of the molecule is COCc1cc(COc2ccc(Cl)c(F)c2)no1. The molecule has 2 aromatic rings. The molecule has 6 heteroatoms. The number of rotatable bonds is 5. The van der Waals surface area contributed by atoms with E-state index in [1.165, 1.54) is 12.1 Å². The molecule has 0 radical (unpaired) electrons. The molecular formula is C12H11ClFNO3. The summed E-state index contributed by atoms with van der Waals surface area (Å²) in [6, 6.07) is 5.96. The van der Waals surface area contributed by atoms with Crippen molar-refractivity contribution < 1.29 is 18.4 Å². The summed E-state index contributed by atoms with van der Waals surface area (Å²) in [5.74, 6) is 0.473. The maximum Gasteiger partial charge on any atom is 0.162 e. The zero-order valence-electron chi connectivity index (χ0n) is 9.65. The van der Waals surface area contributed by atoms with E-state index >= 15 is 0 Å². The first-order valence-corrected chi connectivity index (χ1v) is 5.58. The van der Waals surface area contributed by atoms with Crippen LogP contribution in [-0.2, 0) is 18.0 Å². The van der Waals surface area contributed by atoms with Gasteiger partial charge in [-0.15, -0.1) is 0 Å². The summed E-state index contributed by atoms with van der Waals surface area (Å²) in [4.78, 5) is 0. The monoisotopic (exact) mass is 271 g/mol. The smallest absolute Gasteiger partial charge is 0.162 e. The second-order valence-electron chi connectivity index (χ2n) is 3.58. The van der Waals surface area contributed by atoms with Crippen molar-refractivity contribution in [3.8, 4) is 5.75 Å². The van der Waals surface area contributed by atoms with Gasteiger partial charge in [-0.3, -0.25) is 0 Å². The lowest BCUT2D eigenvalue weighted by atomic mass is 10.3. The van der Waals surface area contributed by atoms with Crippen LogP contribution in [0.2, 0.25) is 5.02 Å². The molecule has 0 aliphatic rings. The number of nitrogens with zero attached hydrogens (tertiary/aromatic N) is 1. The Labute approximate surface area is 108 Å². The van der Waals surface area contributed by atoms with Gasteiger partial charge in [-0.1, -0.05) is 16.8 Å². The zero-order valence-corrected chi connectivity index (χ0v) is 10.4. The standard InChI is InChI=1S/C12H11ClFNO3/c1-16-7-10-4-8(15-18-10)6-17-9-2-3-11(13)12(14)5-9/h2-5H,6-7H2,1H3. The largest absolute Gasteiger partial charge is 0.487 e. The molecule has 2 rings (SSSR count). The first-order chi connectivity index (χ1) is 8.69. The van der Waals surface area contributed by atoms with Crippen LogP contribution < -0.4 is 4.74 Å². The molecule has 0 atom stereocenters. The molecule has 18 heavy (non-hydrogen) atoms. The Balaban J connectivity index is 1.95. The van der Waals surface area contributed by atoms with Gasteiger partial charge in [0.2, 0.25) is 0 Å². The molecule has 0 aliphatic heterocycles. The Morgan fingerprint density at radius 3 is 2.89 bits per heavy atom. The second-order valence-corrected chi connectivity index (χ2v) is 3.99. The molecule has 0 bridgehead atoms. The topological polar surface area (TPSA) is 44.5 Å². The van der Waals surface area contributed by atoms with Crippen LogP contribution in [-0.4, -0.2) is 12.3 Å². The lowest BCUT2D eigenvalue weighted by Gasteiger charge is -2.03. The van der Waals surface area contributed by atoms with Gasteiger partial charge in [0.1, 0.15) is 30.5 Å². The Morgan fingerprint density at radius 2 is 2.17 bits per heavy atom. The van der Waals surface area contributed by atoms with E-state index in [2.05, 4.69) is 5.16 Å². The maximum atomic E-state index is 13.1. The third-order valence-electron chi connectivity index (χ3n) is 2.17. The Morgan fingerprint density at radius 1 is 1.33 bits per heavy atom. The van der Waals surface area contributed by atoms with Gasteiger partial charge in [0, 0.05) is 19.2 Å². The fourth-order valence-corrected chi connectivity index (χ4v) is 1.48. The zero-order chi connectivity index (χ0) is 13.0. The second kappa shape index (κ2) is 5.84. The third kappa shape index (κ3) is 3.21. The highest BCUT2D eigenvalue weighted by Crippen LogP contribution is 2.21. The van der Waals surface area contributed by atoms with E-state index in [4.69, 9.17) is 25.6 Å². The average Bonchev–Trinajstić information content (AvgIpc) is 2.79. The first-order valence-electron chi connectivity index (χ1n) is 5.20. The summed E-state index contributed by atoms with van der Waals surface area (Å²) in [5.41, 5.74) is 0.609. The highest BCUT2D eigenvalue weighted by atomic mass is 35.5. The predicted octanol–water partition coefficient (Wildman–Crippen LogP) is 3.19. The van der Waals surface area contributed by atoms with Crippen molar-refractivity contribution in [2.75, 3.05) is 7.11 Å². The summed E-state index contributed by atoms with van der Waals surface area (Å²) >= 11 is 5.56. The molecule has 0 unspecified atom stereocenters. The summed E-state index contributed by atoms with van der Waals surface area (Å²) in [7, 11) is 1.56. The summed E-state index contributed by atoms with van der Waals surface area (Å²) in [6.07, 6.45) is 0. The molecule has 1 heterocycles. The van der Waals surface area contributed by atoms with Crippen LogP contribution in [0.3, 0.4) is 0 Å². The van der Waals surface area contributed by atoms with Gasteiger partial charge in [0.15, 0.2) is 5.76 Å². The van der Waals surface area contributed by atoms with Crippen molar-refractivity contribution in [1.29, 1.82) is 0 Å². The van der Waals surface area contributed by atoms with Crippen molar-refractivity contribution in [2.24, 2.45) is 0 Å². The van der Waals surface area contributed by atoms with Gasteiger partial charge >= 0.3 is 0 Å². The lowest BCUT2D eigenvalue weighted by Crippen LogP contribution is -1.96. The lowest BCUT2D eigenvalue weighted by molar-refractivity contribution is 0.155. The Bertz CT molecular complexity index is 530. The van der Waals surface area contributed by atoms with Crippen LogP contribution in [0.25, 0.3) is 0 Å². The van der Waals surface area contributed by atoms with E-state index < -0.39 is 5.82 Å². The van der Waals surface area contributed by atoms with E-state index in [1.807, 2.05) is 0 Å². The van der Waals surface area contributed by atoms with Gasteiger partial charge in [0.25, 0.3) is 0 Å². The number of hydrogen-bond acceptors (Lipinski definition) is 4. The minimum Gasteiger partial charge on any atom is -0.487 e. The fourth-order valence-electron chi connectivity index (χ4n) is 1.36. The van der Waals surface area contributed by atoms with Crippen molar-refractivity contribution >= 4 is 11.6 Å². The number of halogens is 2. The first kappa shape index (κ1) is 12.9. The Kier molecular flexibility index (Phi) is 4.17. The quantitative estimate of drug-likeness (QED) is 0.838. The molecule has 4 nitrogen and oxygen atoms in total. The summed E-state index contributed by atoms with van der Waals surface area (Å²) < 4.78 is 28.4. The summed E-state index contributed by atoms with van der Waals surface area (Å²) in [5, 5.41) is 3.85. The van der Waals surface area contributed by atoms with Crippen molar-refractivity contribution in [2.45, 2.75) is 13.2 Å². The van der Waals surface area contributed by atoms with E-state index in [0.717, 1.165) is 0 Å². The van der Waals surface area contributed by atoms with Gasteiger partial charge < -0.3 is 14.0 Å². The molecule has 1 aromatic carbocycles. The van der Waals surface area contributed by atoms with E-state index in [9.17, 15) is 4.39 Å². The number of hydrogen-bond donors (Lipinski definition) is 0. The van der Waals surface area contributed by atoms with E-state index in [0.29, 0.717) is 23.8 Å². The molecule has 1 aromatic heterocycles. The van der Waals surface area contributed by atoms with Crippen LogP contribution in [0.15, 0.2) is 28.8 Å². The number of ether oxygens (including phenoxy) is 2. The van der Waals surface area contributed by atoms with E-state index in [-0.39, 0.29) is 11.6 Å². The number of methoxy groups -OCH3 is 1. The summed E-state index contributed by atoms with van der Waals surface area (Å²) in [6.45, 7) is 0.539. The van der Waals surface area contributed by atoms with E-state index in [1.54, 1.807) is 19.2 Å².